The van der Waals surface area contributed by atoms with Crippen molar-refractivity contribution in [1.29, 1.82) is 0 Å². The Hall–Kier alpha value is -3.47. The molecule has 4 rings (SSSR count). The van der Waals surface area contributed by atoms with Gasteiger partial charge in [0.05, 0.1) is 24.9 Å². The largest absolute Gasteiger partial charge is 0.508 e. The van der Waals surface area contributed by atoms with Crippen molar-refractivity contribution in [2.45, 2.75) is 51.6 Å². The molecule has 5 unspecified atom stereocenters. The first kappa shape index (κ1) is 30.5. The summed E-state index contributed by atoms with van der Waals surface area (Å²) in [5, 5.41) is 35.6. The molecule has 9 heteroatoms. The first-order valence-electron chi connectivity index (χ1n) is 14.0. The number of hydrogen-bond donors (Lipinski definition) is 5. The molecular weight excluding hydrogens is 522 g/mol. The lowest BCUT2D eigenvalue weighted by molar-refractivity contribution is -0.276. The van der Waals surface area contributed by atoms with E-state index in [1.54, 1.807) is 24.3 Å². The fraction of sp³-hybridized carbons (Fsp3) is 0.406. The number of aromatic hydroxyl groups is 1. The van der Waals surface area contributed by atoms with Crippen molar-refractivity contribution in [1.82, 2.24) is 15.5 Å². The van der Waals surface area contributed by atoms with Crippen LogP contribution in [0.4, 0.5) is 4.79 Å². The number of aliphatic hydroxyl groups is 2. The first-order chi connectivity index (χ1) is 19.8. The molecule has 3 aromatic rings. The van der Waals surface area contributed by atoms with E-state index < -0.39 is 12.4 Å². The number of rotatable bonds is 11. The van der Waals surface area contributed by atoms with Gasteiger partial charge in [0.25, 0.3) is 0 Å². The lowest BCUT2D eigenvalue weighted by Gasteiger charge is -2.42. The van der Waals surface area contributed by atoms with Crippen LogP contribution in [0, 0.1) is 5.92 Å². The molecule has 5 N–H and O–H groups in total. The highest BCUT2D eigenvalue weighted by Crippen LogP contribution is 2.42. The van der Waals surface area contributed by atoms with Crippen LogP contribution in [0.5, 0.6) is 5.75 Å². The van der Waals surface area contributed by atoms with Crippen molar-refractivity contribution in [3.05, 3.63) is 101 Å². The molecule has 1 aliphatic heterocycles. The number of hydrogen-bond acceptors (Lipinski definition) is 7. The van der Waals surface area contributed by atoms with Crippen molar-refractivity contribution < 1.29 is 29.6 Å². The molecule has 0 saturated carbocycles. The molecule has 3 aromatic carbocycles. The third-order valence-corrected chi connectivity index (χ3v) is 7.40. The summed E-state index contributed by atoms with van der Waals surface area (Å²) in [6, 6.07) is 22.0. The van der Waals surface area contributed by atoms with E-state index in [0.29, 0.717) is 31.7 Å². The Labute approximate surface area is 241 Å². The summed E-state index contributed by atoms with van der Waals surface area (Å²) in [4.78, 5) is 13.8. The zero-order valence-corrected chi connectivity index (χ0v) is 23.9. The number of aliphatic hydroxyl groups excluding tert-OH is 2. The van der Waals surface area contributed by atoms with E-state index in [0.717, 1.165) is 22.3 Å². The summed E-state index contributed by atoms with van der Waals surface area (Å²) in [7, 11) is 1.94. The molecule has 0 spiro atoms. The highest BCUT2D eigenvalue weighted by Gasteiger charge is 2.39. The minimum Gasteiger partial charge on any atom is -0.508 e. The SMILES string of the molecule is CCNC(=O)NCc1ccc(C2OC(CN(C)CC(O)c3cccc(O)c3)C(C)C(c3ccc(CO)cc3)O2)cc1. The van der Waals surface area contributed by atoms with Crippen LogP contribution in [-0.4, -0.2) is 59.0 Å². The molecule has 0 aliphatic carbocycles. The number of phenols is 1. The molecule has 5 atom stereocenters. The van der Waals surface area contributed by atoms with Crippen LogP contribution in [0.15, 0.2) is 72.8 Å². The van der Waals surface area contributed by atoms with Crippen molar-refractivity contribution in [3.8, 4) is 5.75 Å². The number of nitrogens with zero attached hydrogens (tertiary/aromatic N) is 1. The van der Waals surface area contributed by atoms with Crippen molar-refractivity contribution in [3.63, 3.8) is 0 Å². The number of ether oxygens (including phenoxy) is 2. The Morgan fingerprint density at radius 2 is 1.66 bits per heavy atom. The Morgan fingerprint density at radius 1 is 0.976 bits per heavy atom. The summed E-state index contributed by atoms with van der Waals surface area (Å²) in [6.07, 6.45) is -1.85. The van der Waals surface area contributed by atoms with Gasteiger partial charge in [-0.15, -0.1) is 0 Å². The van der Waals surface area contributed by atoms with Gasteiger partial charge in [0.1, 0.15) is 5.75 Å². The van der Waals surface area contributed by atoms with Gasteiger partial charge in [0, 0.05) is 37.7 Å². The van der Waals surface area contributed by atoms with E-state index in [4.69, 9.17) is 9.47 Å². The summed E-state index contributed by atoms with van der Waals surface area (Å²) < 4.78 is 13.1. The standard InChI is InChI=1S/C32H41N3O6/c1-4-33-32(39)34-17-22-8-14-25(15-9-22)31-40-29(19-35(3)18-28(38)26-6-5-7-27(37)16-26)21(2)30(41-31)24-12-10-23(20-36)11-13-24/h5-16,21,28-31,36-38H,4,17-20H2,1-3H3,(H2,33,34,39). The monoisotopic (exact) mass is 563 g/mol. The summed E-state index contributed by atoms with van der Waals surface area (Å²) >= 11 is 0. The van der Waals surface area contributed by atoms with E-state index in [1.165, 1.54) is 0 Å². The normalized spacial score (nSPS) is 21.4. The van der Waals surface area contributed by atoms with Gasteiger partial charge >= 0.3 is 6.03 Å². The second-order valence-corrected chi connectivity index (χ2v) is 10.6. The molecular formula is C32H41N3O6. The lowest BCUT2D eigenvalue weighted by atomic mass is 9.90. The van der Waals surface area contributed by atoms with Crippen LogP contribution in [0.3, 0.4) is 0 Å². The highest BCUT2D eigenvalue weighted by molar-refractivity contribution is 5.73. The Bertz CT molecular complexity index is 1250. The van der Waals surface area contributed by atoms with Gasteiger partial charge in [0.2, 0.25) is 0 Å². The molecule has 0 aromatic heterocycles. The maximum Gasteiger partial charge on any atom is 0.315 e. The van der Waals surface area contributed by atoms with Gasteiger partial charge in [-0.2, -0.15) is 0 Å². The fourth-order valence-electron chi connectivity index (χ4n) is 5.04. The zero-order chi connectivity index (χ0) is 29.4. The fourth-order valence-corrected chi connectivity index (χ4v) is 5.04. The molecule has 9 nitrogen and oxygen atoms in total. The molecule has 1 saturated heterocycles. The van der Waals surface area contributed by atoms with Crippen LogP contribution >= 0.6 is 0 Å². The molecule has 2 amide bonds. The quantitative estimate of drug-likeness (QED) is 0.237. The minimum absolute atomic E-state index is 0.00728. The number of benzene rings is 3. The molecule has 41 heavy (non-hydrogen) atoms. The molecule has 220 valence electrons. The number of nitrogens with one attached hydrogen (secondary N) is 2. The third kappa shape index (κ3) is 8.28. The third-order valence-electron chi connectivity index (χ3n) is 7.40. The van der Waals surface area contributed by atoms with Crippen LogP contribution in [0.25, 0.3) is 0 Å². The summed E-state index contributed by atoms with van der Waals surface area (Å²) in [5.74, 6) is 0.113. The predicted octanol–water partition coefficient (Wildman–Crippen LogP) is 4.16. The van der Waals surface area contributed by atoms with Crippen LogP contribution in [0.1, 0.15) is 60.2 Å². The highest BCUT2D eigenvalue weighted by atomic mass is 16.7. The number of amides is 2. The topological polar surface area (TPSA) is 124 Å². The van der Waals surface area contributed by atoms with Gasteiger partial charge in [-0.25, -0.2) is 4.79 Å². The number of likely N-dealkylation sites (N-methyl/N-ethyl adjacent to an activating group) is 1. The van der Waals surface area contributed by atoms with Crippen LogP contribution < -0.4 is 10.6 Å². The van der Waals surface area contributed by atoms with E-state index in [-0.39, 0.29) is 36.5 Å². The molecule has 1 aliphatic rings. The zero-order valence-electron chi connectivity index (χ0n) is 23.9. The molecule has 0 bridgehead atoms. The van der Waals surface area contributed by atoms with Crippen LogP contribution in [-0.2, 0) is 22.6 Å². The van der Waals surface area contributed by atoms with E-state index in [2.05, 4.69) is 17.6 Å². The second-order valence-electron chi connectivity index (χ2n) is 10.6. The lowest BCUT2D eigenvalue weighted by Crippen LogP contribution is -2.44. The van der Waals surface area contributed by atoms with Crippen molar-refractivity contribution >= 4 is 6.03 Å². The first-order valence-corrected chi connectivity index (χ1v) is 14.0. The Morgan fingerprint density at radius 3 is 2.32 bits per heavy atom. The molecule has 1 fully saturated rings. The van der Waals surface area contributed by atoms with Gasteiger partial charge in [-0.05, 0) is 48.4 Å². The average molecular weight is 564 g/mol. The Balaban J connectivity index is 1.50. The summed E-state index contributed by atoms with van der Waals surface area (Å²) in [5.41, 5.74) is 4.30. The van der Waals surface area contributed by atoms with Gasteiger partial charge in [-0.1, -0.05) is 67.6 Å². The van der Waals surface area contributed by atoms with Crippen molar-refractivity contribution in [2.75, 3.05) is 26.7 Å². The maximum absolute atomic E-state index is 11.8. The average Bonchev–Trinajstić information content (AvgIpc) is 2.97. The maximum atomic E-state index is 11.8. The molecule has 1 heterocycles. The number of phenolic OH excluding ortho intramolecular Hbond substituents is 1. The minimum atomic E-state index is -0.763. The smallest absolute Gasteiger partial charge is 0.315 e. The summed E-state index contributed by atoms with van der Waals surface area (Å²) in [6.45, 7) is 5.83. The predicted molar refractivity (Wildman–Crippen MR) is 156 cm³/mol. The van der Waals surface area contributed by atoms with E-state index in [1.807, 2.05) is 67.4 Å². The van der Waals surface area contributed by atoms with Crippen molar-refractivity contribution in [2.24, 2.45) is 5.92 Å². The van der Waals surface area contributed by atoms with E-state index in [9.17, 15) is 20.1 Å². The van der Waals surface area contributed by atoms with E-state index >= 15 is 0 Å². The number of carbonyl (C=O) groups excluding carboxylic acids is 1. The van der Waals surface area contributed by atoms with Gasteiger partial charge in [0.15, 0.2) is 6.29 Å². The molecule has 0 radical (unpaired) electrons. The Kier molecular flexibility index (Phi) is 10.7. The second kappa shape index (κ2) is 14.4. The van der Waals surface area contributed by atoms with Gasteiger partial charge < -0.3 is 40.3 Å². The number of carbonyl (C=O) groups is 1. The van der Waals surface area contributed by atoms with Gasteiger partial charge in [-0.3, -0.25) is 0 Å². The van der Waals surface area contributed by atoms with Crippen LogP contribution in [0.2, 0.25) is 0 Å². The number of urea groups is 1.